The van der Waals surface area contributed by atoms with Gasteiger partial charge in [0.2, 0.25) is 0 Å². The summed E-state index contributed by atoms with van der Waals surface area (Å²) in [4.78, 5) is 15.3. The van der Waals surface area contributed by atoms with Crippen LogP contribution in [-0.4, -0.2) is 21.1 Å². The van der Waals surface area contributed by atoms with Crippen molar-refractivity contribution in [3.63, 3.8) is 0 Å². The second-order valence-electron chi connectivity index (χ2n) is 4.56. The molecular weight excluding hydrogens is 240 g/mol. The van der Waals surface area contributed by atoms with Gasteiger partial charge in [-0.3, -0.25) is 9.89 Å². The number of amides is 1. The number of H-pyrrole nitrogens is 2. The van der Waals surface area contributed by atoms with Gasteiger partial charge in [-0.15, -0.1) is 0 Å². The summed E-state index contributed by atoms with van der Waals surface area (Å²) in [6.45, 7) is 3.84. The summed E-state index contributed by atoms with van der Waals surface area (Å²) >= 11 is 0. The first-order valence-electron chi connectivity index (χ1n) is 6.05. The molecule has 96 valence electrons. The van der Waals surface area contributed by atoms with Gasteiger partial charge in [0.15, 0.2) is 5.82 Å². The van der Waals surface area contributed by atoms with Gasteiger partial charge in [-0.1, -0.05) is 6.07 Å². The maximum atomic E-state index is 12.2. The van der Waals surface area contributed by atoms with Gasteiger partial charge in [0.25, 0.3) is 5.91 Å². The molecule has 3 aromatic rings. The molecule has 0 radical (unpaired) electrons. The number of fused-ring (bicyclic) bond motifs is 1. The van der Waals surface area contributed by atoms with Crippen LogP contribution in [0.4, 0.5) is 5.82 Å². The van der Waals surface area contributed by atoms with Crippen LogP contribution in [0.5, 0.6) is 0 Å². The van der Waals surface area contributed by atoms with Crippen LogP contribution in [0.1, 0.15) is 21.6 Å². The van der Waals surface area contributed by atoms with E-state index in [0.29, 0.717) is 11.4 Å². The van der Waals surface area contributed by atoms with Gasteiger partial charge >= 0.3 is 0 Å². The van der Waals surface area contributed by atoms with E-state index in [-0.39, 0.29) is 5.91 Å². The lowest BCUT2D eigenvalue weighted by Gasteiger charge is -2.03. The lowest BCUT2D eigenvalue weighted by atomic mass is 10.1. The topological polar surface area (TPSA) is 73.6 Å². The average Bonchev–Trinajstić information content (AvgIpc) is 2.99. The van der Waals surface area contributed by atoms with Crippen LogP contribution in [0.3, 0.4) is 0 Å². The molecule has 1 amide bonds. The van der Waals surface area contributed by atoms with E-state index in [4.69, 9.17) is 0 Å². The molecule has 0 unspecified atom stereocenters. The lowest BCUT2D eigenvalue weighted by molar-refractivity contribution is 0.102. The number of aryl methyl sites for hydroxylation is 1. The van der Waals surface area contributed by atoms with Crippen molar-refractivity contribution in [3.8, 4) is 0 Å². The normalized spacial score (nSPS) is 10.8. The van der Waals surface area contributed by atoms with E-state index >= 15 is 0 Å². The molecule has 2 aromatic heterocycles. The molecule has 1 aromatic carbocycles. The van der Waals surface area contributed by atoms with Gasteiger partial charge in [-0.2, -0.15) is 5.10 Å². The fourth-order valence-corrected chi connectivity index (χ4v) is 1.98. The maximum absolute atomic E-state index is 12.2. The molecule has 3 rings (SSSR count). The van der Waals surface area contributed by atoms with Gasteiger partial charge in [0.1, 0.15) is 0 Å². The van der Waals surface area contributed by atoms with Crippen LogP contribution < -0.4 is 5.32 Å². The van der Waals surface area contributed by atoms with E-state index < -0.39 is 0 Å². The van der Waals surface area contributed by atoms with Gasteiger partial charge in [0.05, 0.1) is 0 Å². The van der Waals surface area contributed by atoms with Gasteiger partial charge in [0, 0.05) is 28.5 Å². The number of benzene rings is 1. The number of aromatic nitrogens is 3. The van der Waals surface area contributed by atoms with Crippen molar-refractivity contribution < 1.29 is 4.79 Å². The SMILES string of the molecule is Cc1[nH]nc(NC(=O)c2ccc3cc[nH]c3c2)c1C. The number of nitrogens with one attached hydrogen (secondary N) is 3. The number of nitrogens with zero attached hydrogens (tertiary/aromatic N) is 1. The van der Waals surface area contributed by atoms with E-state index in [0.717, 1.165) is 22.2 Å². The summed E-state index contributed by atoms with van der Waals surface area (Å²) in [5, 5.41) is 10.8. The Morgan fingerprint density at radius 1 is 1.26 bits per heavy atom. The number of hydrogen-bond donors (Lipinski definition) is 3. The Bertz CT molecular complexity index is 754. The van der Waals surface area contributed by atoms with Crippen molar-refractivity contribution in [2.45, 2.75) is 13.8 Å². The fraction of sp³-hybridized carbons (Fsp3) is 0.143. The molecule has 0 aliphatic carbocycles. The molecule has 0 spiro atoms. The minimum atomic E-state index is -0.161. The molecule has 19 heavy (non-hydrogen) atoms. The number of aromatic amines is 2. The Labute approximate surface area is 110 Å². The molecule has 0 aliphatic rings. The molecule has 0 saturated carbocycles. The first kappa shape index (κ1) is 11.5. The Hall–Kier alpha value is -2.56. The average molecular weight is 254 g/mol. The van der Waals surface area contributed by atoms with Crippen LogP contribution in [0.25, 0.3) is 10.9 Å². The predicted octanol–water partition coefficient (Wildman–Crippen LogP) is 2.76. The van der Waals surface area contributed by atoms with Crippen molar-refractivity contribution in [2.24, 2.45) is 0 Å². The molecular formula is C14H14N4O. The number of carbonyl (C=O) groups is 1. The number of carbonyl (C=O) groups excluding carboxylic acids is 1. The third-order valence-corrected chi connectivity index (χ3v) is 3.30. The minimum Gasteiger partial charge on any atom is -0.361 e. The highest BCUT2D eigenvalue weighted by molar-refractivity contribution is 6.06. The largest absolute Gasteiger partial charge is 0.361 e. The van der Waals surface area contributed by atoms with E-state index in [9.17, 15) is 4.79 Å². The summed E-state index contributed by atoms with van der Waals surface area (Å²) in [6.07, 6.45) is 1.85. The highest BCUT2D eigenvalue weighted by atomic mass is 16.1. The quantitative estimate of drug-likeness (QED) is 0.658. The predicted molar refractivity (Wildman–Crippen MR) is 74.3 cm³/mol. The van der Waals surface area contributed by atoms with Crippen molar-refractivity contribution in [2.75, 3.05) is 5.32 Å². The molecule has 2 heterocycles. The van der Waals surface area contributed by atoms with E-state index in [2.05, 4.69) is 20.5 Å². The lowest BCUT2D eigenvalue weighted by Crippen LogP contribution is -2.12. The zero-order valence-electron chi connectivity index (χ0n) is 10.7. The zero-order chi connectivity index (χ0) is 13.4. The number of hydrogen-bond acceptors (Lipinski definition) is 2. The first-order chi connectivity index (χ1) is 9.15. The smallest absolute Gasteiger partial charge is 0.256 e. The fourth-order valence-electron chi connectivity index (χ4n) is 1.98. The van der Waals surface area contributed by atoms with Gasteiger partial charge in [-0.25, -0.2) is 0 Å². The Morgan fingerprint density at radius 3 is 2.84 bits per heavy atom. The molecule has 5 heteroatoms. The summed E-state index contributed by atoms with van der Waals surface area (Å²) in [6, 6.07) is 7.53. The maximum Gasteiger partial charge on any atom is 0.256 e. The highest BCUT2D eigenvalue weighted by Gasteiger charge is 2.11. The monoisotopic (exact) mass is 254 g/mol. The summed E-state index contributed by atoms with van der Waals surface area (Å²) < 4.78 is 0. The van der Waals surface area contributed by atoms with Gasteiger partial charge < -0.3 is 10.3 Å². The zero-order valence-corrected chi connectivity index (χ0v) is 10.7. The Morgan fingerprint density at radius 2 is 2.11 bits per heavy atom. The summed E-state index contributed by atoms with van der Waals surface area (Å²) in [5.41, 5.74) is 3.46. The van der Waals surface area contributed by atoms with Crippen LogP contribution in [0.2, 0.25) is 0 Å². The minimum absolute atomic E-state index is 0.161. The second-order valence-corrected chi connectivity index (χ2v) is 4.56. The van der Waals surface area contributed by atoms with Crippen molar-refractivity contribution >= 4 is 22.6 Å². The highest BCUT2D eigenvalue weighted by Crippen LogP contribution is 2.17. The van der Waals surface area contributed by atoms with Crippen LogP contribution in [-0.2, 0) is 0 Å². The third-order valence-electron chi connectivity index (χ3n) is 3.30. The molecule has 3 N–H and O–H groups in total. The van der Waals surface area contributed by atoms with Crippen LogP contribution in [0.15, 0.2) is 30.5 Å². The van der Waals surface area contributed by atoms with E-state index in [1.165, 1.54) is 0 Å². The third kappa shape index (κ3) is 1.99. The van der Waals surface area contributed by atoms with E-state index in [1.807, 2.05) is 38.2 Å². The Kier molecular flexibility index (Phi) is 2.59. The first-order valence-corrected chi connectivity index (χ1v) is 6.05. The van der Waals surface area contributed by atoms with Gasteiger partial charge in [-0.05, 0) is 37.4 Å². The number of anilines is 1. The molecule has 0 fully saturated rings. The summed E-state index contributed by atoms with van der Waals surface area (Å²) in [7, 11) is 0. The van der Waals surface area contributed by atoms with E-state index in [1.54, 1.807) is 6.07 Å². The van der Waals surface area contributed by atoms with Crippen molar-refractivity contribution in [3.05, 3.63) is 47.3 Å². The molecule has 0 saturated heterocycles. The van der Waals surface area contributed by atoms with Crippen LogP contribution >= 0.6 is 0 Å². The van der Waals surface area contributed by atoms with Crippen molar-refractivity contribution in [1.82, 2.24) is 15.2 Å². The molecule has 5 nitrogen and oxygen atoms in total. The molecule has 0 bridgehead atoms. The number of rotatable bonds is 2. The standard InChI is InChI=1S/C14H14N4O/c1-8-9(2)17-18-13(8)16-14(19)11-4-3-10-5-6-15-12(10)7-11/h3-7,15H,1-2H3,(H2,16,17,18,19). The Balaban J connectivity index is 1.89. The summed E-state index contributed by atoms with van der Waals surface area (Å²) in [5.74, 6) is 0.417. The second kappa shape index (κ2) is 4.28. The molecule has 0 atom stereocenters. The van der Waals surface area contributed by atoms with Crippen LogP contribution in [0, 0.1) is 13.8 Å². The molecule has 0 aliphatic heterocycles. The van der Waals surface area contributed by atoms with Crippen molar-refractivity contribution in [1.29, 1.82) is 0 Å².